The van der Waals surface area contributed by atoms with Gasteiger partial charge >= 0.3 is 0 Å². The normalized spacial score (nSPS) is 11.2. The Hall–Kier alpha value is -4.00. The topological polar surface area (TPSA) is 109 Å². The van der Waals surface area contributed by atoms with Crippen LogP contribution in [0.25, 0.3) is 0 Å². The minimum absolute atomic E-state index is 0.132. The van der Waals surface area contributed by atoms with E-state index in [1.807, 2.05) is 0 Å². The molecule has 0 aliphatic carbocycles. The number of halogens is 5. The van der Waals surface area contributed by atoms with E-state index in [0.29, 0.717) is 5.69 Å². The molecule has 3 rings (SSSR count). The van der Waals surface area contributed by atoms with Crippen LogP contribution in [0.4, 0.5) is 28.9 Å². The molecule has 2 aromatic carbocycles. The SMILES string of the molecule is CC(C)(C)C(=O)NCc1ccc(F)c(C(=O)Nc2cnc(OCC(F)F)c(C(=O)Nc3ccc(Br)cc3)c2)c1F. The summed E-state index contributed by atoms with van der Waals surface area (Å²) < 4.78 is 60.8. The summed E-state index contributed by atoms with van der Waals surface area (Å²) in [5.74, 6) is -5.19. The molecule has 13 heteroatoms. The van der Waals surface area contributed by atoms with E-state index in [2.05, 4.69) is 36.9 Å². The Morgan fingerprint density at radius 2 is 1.62 bits per heavy atom. The largest absolute Gasteiger partial charge is 0.471 e. The lowest BCUT2D eigenvalue weighted by Crippen LogP contribution is -2.34. The molecule has 212 valence electrons. The number of alkyl halides is 2. The standard InChI is InChI=1S/C27H25BrF4N4O4/c1-27(2,3)26(39)34-11-14-4-9-19(29)21(22(14)32)24(38)36-17-10-18(25(33-12-17)40-13-20(30)31)23(37)35-16-7-5-15(28)6-8-16/h4-10,12,20H,11,13H2,1-3H3,(H,34,39)(H,35,37)(H,36,38). The second-order valence-electron chi connectivity index (χ2n) is 9.52. The minimum Gasteiger partial charge on any atom is -0.471 e. The van der Waals surface area contributed by atoms with E-state index < -0.39 is 53.3 Å². The molecule has 0 spiro atoms. The molecule has 1 heterocycles. The molecular weight excluding hydrogens is 600 g/mol. The first-order valence-electron chi connectivity index (χ1n) is 11.8. The number of carbonyl (C=O) groups is 3. The fourth-order valence-electron chi connectivity index (χ4n) is 3.25. The van der Waals surface area contributed by atoms with Gasteiger partial charge in [0.15, 0.2) is 6.61 Å². The highest BCUT2D eigenvalue weighted by molar-refractivity contribution is 9.10. The molecule has 0 saturated carbocycles. The maximum Gasteiger partial charge on any atom is 0.272 e. The Labute approximate surface area is 235 Å². The van der Waals surface area contributed by atoms with Gasteiger partial charge in [-0.3, -0.25) is 14.4 Å². The monoisotopic (exact) mass is 624 g/mol. The van der Waals surface area contributed by atoms with E-state index in [-0.39, 0.29) is 29.3 Å². The van der Waals surface area contributed by atoms with Gasteiger partial charge in [0.25, 0.3) is 18.2 Å². The third-order valence-electron chi connectivity index (χ3n) is 5.32. The fraction of sp³-hybridized carbons (Fsp3) is 0.259. The van der Waals surface area contributed by atoms with Crippen molar-refractivity contribution in [3.05, 3.63) is 81.5 Å². The van der Waals surface area contributed by atoms with E-state index in [4.69, 9.17) is 4.74 Å². The van der Waals surface area contributed by atoms with Gasteiger partial charge in [0.2, 0.25) is 11.8 Å². The summed E-state index contributed by atoms with van der Waals surface area (Å²) in [7, 11) is 0. The summed E-state index contributed by atoms with van der Waals surface area (Å²) in [5, 5.41) is 7.33. The summed E-state index contributed by atoms with van der Waals surface area (Å²) in [6.07, 6.45) is -1.87. The van der Waals surface area contributed by atoms with Crippen molar-refractivity contribution in [3.8, 4) is 5.88 Å². The second kappa shape index (κ2) is 12.9. The van der Waals surface area contributed by atoms with Crippen LogP contribution < -0.4 is 20.7 Å². The molecule has 8 nitrogen and oxygen atoms in total. The predicted molar refractivity (Wildman–Crippen MR) is 143 cm³/mol. The molecule has 0 unspecified atom stereocenters. The Morgan fingerprint density at radius 1 is 0.975 bits per heavy atom. The van der Waals surface area contributed by atoms with Crippen LogP contribution in [0.5, 0.6) is 5.88 Å². The highest BCUT2D eigenvalue weighted by Gasteiger charge is 2.25. The Bertz CT molecular complexity index is 1410. The zero-order chi connectivity index (χ0) is 29.6. The number of amides is 3. The van der Waals surface area contributed by atoms with Crippen molar-refractivity contribution in [3.63, 3.8) is 0 Å². The van der Waals surface area contributed by atoms with Crippen LogP contribution in [-0.2, 0) is 11.3 Å². The van der Waals surface area contributed by atoms with Crippen LogP contribution >= 0.6 is 15.9 Å². The number of benzene rings is 2. The summed E-state index contributed by atoms with van der Waals surface area (Å²) in [5.41, 5.74) is -1.94. The molecule has 0 bridgehead atoms. The van der Waals surface area contributed by atoms with Gasteiger partial charge in [-0.2, -0.15) is 0 Å². The molecule has 3 amide bonds. The zero-order valence-electron chi connectivity index (χ0n) is 21.6. The molecule has 40 heavy (non-hydrogen) atoms. The highest BCUT2D eigenvalue weighted by atomic mass is 79.9. The number of nitrogens with zero attached hydrogens (tertiary/aromatic N) is 1. The average molecular weight is 625 g/mol. The third kappa shape index (κ3) is 8.01. The molecular formula is C27H25BrF4N4O4. The second-order valence-corrected chi connectivity index (χ2v) is 10.4. The summed E-state index contributed by atoms with van der Waals surface area (Å²) in [6.45, 7) is 3.64. The van der Waals surface area contributed by atoms with Gasteiger partial charge in [-0.25, -0.2) is 22.5 Å². The van der Waals surface area contributed by atoms with Crippen LogP contribution in [0, 0.1) is 17.0 Å². The number of aromatic nitrogens is 1. The first-order valence-corrected chi connectivity index (χ1v) is 12.6. The number of anilines is 2. The van der Waals surface area contributed by atoms with Gasteiger partial charge in [-0.15, -0.1) is 0 Å². The highest BCUT2D eigenvalue weighted by Crippen LogP contribution is 2.25. The van der Waals surface area contributed by atoms with Gasteiger partial charge in [0.05, 0.1) is 11.9 Å². The average Bonchev–Trinajstić information content (AvgIpc) is 2.88. The van der Waals surface area contributed by atoms with Crippen LogP contribution in [0.3, 0.4) is 0 Å². The van der Waals surface area contributed by atoms with E-state index >= 15 is 4.39 Å². The smallest absolute Gasteiger partial charge is 0.272 e. The number of ether oxygens (including phenoxy) is 1. The van der Waals surface area contributed by atoms with Crippen molar-refractivity contribution >= 4 is 45.0 Å². The van der Waals surface area contributed by atoms with E-state index in [9.17, 15) is 27.6 Å². The zero-order valence-corrected chi connectivity index (χ0v) is 23.2. The fourth-order valence-corrected chi connectivity index (χ4v) is 3.51. The van der Waals surface area contributed by atoms with Crippen molar-refractivity contribution in [1.29, 1.82) is 0 Å². The molecule has 0 saturated heterocycles. The third-order valence-corrected chi connectivity index (χ3v) is 5.85. The molecule has 3 N–H and O–H groups in total. The maximum absolute atomic E-state index is 15.1. The first-order chi connectivity index (χ1) is 18.8. The lowest BCUT2D eigenvalue weighted by Gasteiger charge is -2.18. The molecule has 0 aliphatic heterocycles. The van der Waals surface area contributed by atoms with E-state index in [1.165, 1.54) is 0 Å². The maximum atomic E-state index is 15.1. The molecule has 3 aromatic rings. The lowest BCUT2D eigenvalue weighted by molar-refractivity contribution is -0.128. The first kappa shape index (κ1) is 30.5. The van der Waals surface area contributed by atoms with E-state index in [0.717, 1.165) is 28.9 Å². The summed E-state index contributed by atoms with van der Waals surface area (Å²) >= 11 is 3.27. The van der Waals surface area contributed by atoms with Crippen molar-refractivity contribution < 1.29 is 36.7 Å². The van der Waals surface area contributed by atoms with Crippen LogP contribution in [0.2, 0.25) is 0 Å². The number of rotatable bonds is 9. The minimum atomic E-state index is -2.85. The molecule has 0 aliphatic rings. The molecule has 0 fully saturated rings. The molecule has 0 atom stereocenters. The predicted octanol–water partition coefficient (Wildman–Crippen LogP) is 5.93. The molecule has 1 aromatic heterocycles. The van der Waals surface area contributed by atoms with Crippen molar-refractivity contribution in [1.82, 2.24) is 10.3 Å². The quantitative estimate of drug-likeness (QED) is 0.256. The summed E-state index contributed by atoms with van der Waals surface area (Å²) in [4.78, 5) is 41.8. The van der Waals surface area contributed by atoms with Gasteiger partial charge in [0.1, 0.15) is 22.8 Å². The van der Waals surface area contributed by atoms with Gasteiger partial charge in [-0.05, 0) is 36.4 Å². The van der Waals surface area contributed by atoms with Gasteiger partial charge < -0.3 is 20.7 Å². The van der Waals surface area contributed by atoms with Crippen molar-refractivity contribution in [2.24, 2.45) is 5.41 Å². The van der Waals surface area contributed by atoms with Crippen LogP contribution in [0.1, 0.15) is 47.1 Å². The van der Waals surface area contributed by atoms with Gasteiger partial charge in [0, 0.05) is 27.7 Å². The van der Waals surface area contributed by atoms with Crippen LogP contribution in [-0.4, -0.2) is 35.7 Å². The Balaban J connectivity index is 1.87. The van der Waals surface area contributed by atoms with Crippen LogP contribution in [0.15, 0.2) is 53.1 Å². The number of nitrogens with one attached hydrogen (secondary N) is 3. The number of hydrogen-bond donors (Lipinski definition) is 3. The molecule has 0 radical (unpaired) electrons. The Morgan fingerprint density at radius 3 is 2.25 bits per heavy atom. The number of hydrogen-bond acceptors (Lipinski definition) is 5. The number of carbonyl (C=O) groups excluding carboxylic acids is 3. The van der Waals surface area contributed by atoms with Crippen molar-refractivity contribution in [2.75, 3.05) is 17.2 Å². The van der Waals surface area contributed by atoms with Crippen molar-refractivity contribution in [2.45, 2.75) is 33.7 Å². The van der Waals surface area contributed by atoms with E-state index in [1.54, 1.807) is 45.0 Å². The van der Waals surface area contributed by atoms with Gasteiger partial charge in [-0.1, -0.05) is 42.8 Å². The number of pyridine rings is 1. The lowest BCUT2D eigenvalue weighted by atomic mass is 9.95. The Kier molecular flexibility index (Phi) is 9.85. The summed E-state index contributed by atoms with van der Waals surface area (Å²) in [6, 6.07) is 9.52.